The Bertz CT molecular complexity index is 1570. The smallest absolute Gasteiger partial charge is 0.200 e. The number of phenolic OH excluding ortho intramolecular Hbond substituents is 1. The van der Waals surface area contributed by atoms with Crippen molar-refractivity contribution in [2.24, 2.45) is 0 Å². The van der Waals surface area contributed by atoms with Crippen LogP contribution in [-0.4, -0.2) is 11.3 Å². The third-order valence-electron chi connectivity index (χ3n) is 6.74. The molecule has 4 aromatic carbocycles. The predicted octanol–water partition coefficient (Wildman–Crippen LogP) is 5.41. The van der Waals surface area contributed by atoms with Gasteiger partial charge in [0, 0.05) is 0 Å². The van der Waals surface area contributed by atoms with Gasteiger partial charge in [-0.2, -0.15) is 8.78 Å². The Hall–Kier alpha value is -4.59. The van der Waals surface area contributed by atoms with Crippen molar-refractivity contribution in [3.8, 4) is 5.75 Å². The summed E-state index contributed by atoms with van der Waals surface area (Å²) in [5.74, 6) is -69.8. The molecule has 0 saturated heterocycles. The Labute approximate surface area is 233 Å². The summed E-state index contributed by atoms with van der Waals surface area (Å²) < 4.78 is 281. The molecule has 4 rings (SSSR count). The summed E-state index contributed by atoms with van der Waals surface area (Å²) in [6.45, 7) is 0. The van der Waals surface area contributed by atoms with E-state index in [9.17, 15) is 53.4 Å². The fourth-order valence-corrected chi connectivity index (χ4v) is 4.89. The molecule has 4 aromatic rings. The SMILES string of the molecule is Oc1c(F)c(F)c([B-](c2c(F)c(F)c(F)c(F)c2F)(c2c(F)c(F)c(F)c(F)c2F)c2c(F)c(F)c(F)c(F)c2F)c(F)c1F. The van der Waals surface area contributed by atoms with Crippen molar-refractivity contribution in [3.05, 3.63) is 111 Å². The lowest BCUT2D eigenvalue weighted by Gasteiger charge is -2.44. The third kappa shape index (κ3) is 4.14. The molecule has 0 radical (unpaired) electrons. The quantitative estimate of drug-likeness (QED) is 0.133. The highest BCUT2D eigenvalue weighted by atomic mass is 19.2. The van der Waals surface area contributed by atoms with Crippen LogP contribution in [0.4, 0.5) is 83.4 Å². The molecule has 0 atom stereocenters. The topological polar surface area (TPSA) is 20.2 Å². The molecule has 0 aliphatic rings. The van der Waals surface area contributed by atoms with Gasteiger partial charge in [0.2, 0.25) is 0 Å². The van der Waals surface area contributed by atoms with Gasteiger partial charge in [0.15, 0.2) is 69.7 Å². The maximum absolute atomic E-state index is 15.4. The minimum absolute atomic E-state index is 2.84. The number of phenols is 1. The summed E-state index contributed by atoms with van der Waals surface area (Å²) >= 11 is 0. The molecule has 0 unspecified atom stereocenters. The number of hydrogen-bond acceptors (Lipinski definition) is 1. The zero-order valence-corrected chi connectivity index (χ0v) is 20.2. The molecule has 0 bridgehead atoms. The lowest BCUT2D eigenvalue weighted by atomic mass is 9.12. The lowest BCUT2D eigenvalue weighted by Crippen LogP contribution is -2.81. The van der Waals surface area contributed by atoms with Gasteiger partial charge < -0.3 is 5.11 Å². The molecule has 21 heteroatoms. The van der Waals surface area contributed by atoms with Crippen LogP contribution in [0, 0.1) is 111 Å². The van der Waals surface area contributed by atoms with E-state index in [1.165, 1.54) is 0 Å². The minimum Gasteiger partial charge on any atom is -0.503 e. The van der Waals surface area contributed by atoms with Gasteiger partial charge in [-0.05, 0) is 0 Å². The van der Waals surface area contributed by atoms with E-state index in [4.69, 9.17) is 0 Å². The molecular formula is C24HBF19O-. The average Bonchev–Trinajstić information content (AvgIpc) is 3.00. The average molecular weight is 677 g/mol. The van der Waals surface area contributed by atoms with Crippen LogP contribution in [0.15, 0.2) is 0 Å². The molecule has 0 aromatic heterocycles. The molecule has 0 aliphatic carbocycles. The van der Waals surface area contributed by atoms with Crippen LogP contribution in [0.3, 0.4) is 0 Å². The number of halogens is 19. The van der Waals surface area contributed by atoms with E-state index in [2.05, 4.69) is 0 Å². The fraction of sp³-hybridized carbons (Fsp3) is 0. The molecule has 1 nitrogen and oxygen atoms in total. The molecule has 1 N–H and O–H groups in total. The molecular weight excluding hydrogens is 676 g/mol. The molecule has 0 amide bonds. The van der Waals surface area contributed by atoms with Crippen LogP contribution >= 0.6 is 0 Å². The second kappa shape index (κ2) is 10.8. The highest BCUT2D eigenvalue weighted by molar-refractivity contribution is 7.20. The predicted molar refractivity (Wildman–Crippen MR) is 111 cm³/mol. The van der Waals surface area contributed by atoms with E-state index in [1.807, 2.05) is 0 Å². The fourth-order valence-electron chi connectivity index (χ4n) is 4.89. The molecule has 0 aliphatic heterocycles. The second-order valence-electron chi connectivity index (χ2n) is 8.83. The van der Waals surface area contributed by atoms with E-state index < -0.39 is 144 Å². The van der Waals surface area contributed by atoms with Gasteiger partial charge in [-0.3, -0.25) is 0 Å². The van der Waals surface area contributed by atoms with Gasteiger partial charge in [-0.1, -0.05) is 0 Å². The number of benzene rings is 4. The maximum Gasteiger partial charge on any atom is 0.200 e. The number of rotatable bonds is 4. The Morgan fingerprint density at radius 1 is 0.222 bits per heavy atom. The third-order valence-corrected chi connectivity index (χ3v) is 6.74. The van der Waals surface area contributed by atoms with Crippen LogP contribution in [-0.2, 0) is 0 Å². The first kappa shape index (κ1) is 33.3. The van der Waals surface area contributed by atoms with E-state index in [0.717, 1.165) is 0 Å². The van der Waals surface area contributed by atoms with Crippen molar-refractivity contribution in [1.82, 2.24) is 0 Å². The lowest BCUT2D eigenvalue weighted by molar-refractivity contribution is 0.360. The molecule has 0 heterocycles. The highest BCUT2D eigenvalue weighted by Crippen LogP contribution is 2.32. The van der Waals surface area contributed by atoms with Crippen LogP contribution in [0.25, 0.3) is 0 Å². The summed E-state index contributed by atoms with van der Waals surface area (Å²) in [5.41, 5.74) is -14.1. The van der Waals surface area contributed by atoms with Crippen LogP contribution < -0.4 is 21.9 Å². The maximum atomic E-state index is 15.4. The molecule has 240 valence electrons. The van der Waals surface area contributed by atoms with Crippen molar-refractivity contribution in [3.63, 3.8) is 0 Å². The van der Waals surface area contributed by atoms with Gasteiger partial charge >= 0.3 is 0 Å². The molecule has 0 spiro atoms. The zero-order valence-electron chi connectivity index (χ0n) is 20.2. The largest absolute Gasteiger partial charge is 0.503 e. The van der Waals surface area contributed by atoms with E-state index >= 15 is 35.1 Å². The Morgan fingerprint density at radius 2 is 0.356 bits per heavy atom. The van der Waals surface area contributed by atoms with Crippen molar-refractivity contribution in [1.29, 1.82) is 0 Å². The van der Waals surface area contributed by atoms with Crippen molar-refractivity contribution in [2.45, 2.75) is 0 Å². The van der Waals surface area contributed by atoms with Gasteiger partial charge in [-0.15, -0.1) is 21.9 Å². The van der Waals surface area contributed by atoms with Crippen LogP contribution in [0.5, 0.6) is 5.75 Å². The summed E-state index contributed by atoms with van der Waals surface area (Å²) in [5, 5.41) is 9.29. The summed E-state index contributed by atoms with van der Waals surface area (Å²) in [4.78, 5) is 0. The van der Waals surface area contributed by atoms with Crippen LogP contribution in [0.1, 0.15) is 0 Å². The number of aromatic hydroxyl groups is 1. The first-order valence-electron chi connectivity index (χ1n) is 11.0. The van der Waals surface area contributed by atoms with Gasteiger partial charge in [0.1, 0.15) is 52.7 Å². The second-order valence-corrected chi connectivity index (χ2v) is 8.83. The first-order valence-corrected chi connectivity index (χ1v) is 11.0. The van der Waals surface area contributed by atoms with Gasteiger partial charge in [-0.25, -0.2) is 74.6 Å². The zero-order chi connectivity index (χ0) is 34.4. The molecule has 45 heavy (non-hydrogen) atoms. The summed E-state index contributed by atoms with van der Waals surface area (Å²) in [6, 6.07) is 0. The normalized spacial score (nSPS) is 12.0. The number of hydrogen-bond donors (Lipinski definition) is 1. The van der Waals surface area contributed by atoms with E-state index in [0.29, 0.717) is 0 Å². The van der Waals surface area contributed by atoms with Gasteiger partial charge in [0.05, 0.1) is 0 Å². The Kier molecular flexibility index (Phi) is 7.99. The van der Waals surface area contributed by atoms with E-state index in [-0.39, 0.29) is 0 Å². The molecule has 0 saturated carbocycles. The van der Waals surface area contributed by atoms with Gasteiger partial charge in [0.25, 0.3) is 0 Å². The standard InChI is InChI=1S/C24HBF19O/c26-5-1(6(27)14(35)19(40)13(5)34)25(2-7(28)15(36)20(41)16(37)8(2)29,3-9(30)17(38)21(42)18(39)10(3)31)4-11(32)22(43)24(45)23(44)12(4)33/h45H/q-1. The van der Waals surface area contributed by atoms with Crippen molar-refractivity contribution >= 4 is 28.0 Å². The van der Waals surface area contributed by atoms with E-state index in [1.54, 1.807) is 0 Å². The highest BCUT2D eigenvalue weighted by Gasteiger charge is 2.52. The Balaban J connectivity index is 2.69. The summed E-state index contributed by atoms with van der Waals surface area (Å²) in [6.07, 6.45) is -7.16. The first-order chi connectivity index (χ1) is 20.7. The van der Waals surface area contributed by atoms with Crippen LogP contribution in [0.2, 0.25) is 0 Å². The minimum atomic E-state index is -7.16. The van der Waals surface area contributed by atoms with Crippen molar-refractivity contribution < 1.29 is 88.5 Å². The molecule has 0 fully saturated rings. The Morgan fingerprint density at radius 3 is 0.533 bits per heavy atom. The summed E-state index contributed by atoms with van der Waals surface area (Å²) in [7, 11) is 0. The monoisotopic (exact) mass is 677 g/mol. The van der Waals surface area contributed by atoms with Crippen molar-refractivity contribution in [2.75, 3.05) is 0 Å².